The first kappa shape index (κ1) is 12.8. The monoisotopic (exact) mass is 249 g/mol. The van der Waals surface area contributed by atoms with Crippen LogP contribution in [0.25, 0.3) is 6.08 Å². The van der Waals surface area contributed by atoms with E-state index in [1.807, 2.05) is 72.8 Å². The minimum Gasteiger partial charge on any atom is -0.382 e. The van der Waals surface area contributed by atoms with Gasteiger partial charge in [-0.05, 0) is 11.6 Å². The molecule has 2 aromatic carbocycles. The van der Waals surface area contributed by atoms with Gasteiger partial charge < -0.3 is 5.73 Å². The van der Waals surface area contributed by atoms with Crippen LogP contribution >= 0.6 is 0 Å². The van der Waals surface area contributed by atoms with Crippen LogP contribution in [0.1, 0.15) is 11.1 Å². The Morgan fingerprint density at radius 3 is 2.21 bits per heavy atom. The van der Waals surface area contributed by atoms with E-state index in [2.05, 4.69) is 10.2 Å². The molecule has 0 unspecified atom stereocenters. The minimum absolute atomic E-state index is 0.407. The maximum Gasteiger partial charge on any atom is 0.153 e. The van der Waals surface area contributed by atoms with Crippen molar-refractivity contribution in [3.63, 3.8) is 0 Å². The number of amidine groups is 1. The molecule has 0 aliphatic rings. The van der Waals surface area contributed by atoms with E-state index in [0.29, 0.717) is 5.84 Å². The summed E-state index contributed by atoms with van der Waals surface area (Å²) in [6.45, 7) is 0. The predicted molar refractivity (Wildman–Crippen MR) is 81.1 cm³/mol. The van der Waals surface area contributed by atoms with Crippen molar-refractivity contribution < 1.29 is 0 Å². The molecule has 3 heteroatoms. The van der Waals surface area contributed by atoms with Crippen molar-refractivity contribution in [2.45, 2.75) is 0 Å². The molecule has 19 heavy (non-hydrogen) atoms. The minimum atomic E-state index is 0.407. The van der Waals surface area contributed by atoms with E-state index in [0.717, 1.165) is 11.1 Å². The Morgan fingerprint density at radius 1 is 0.895 bits per heavy atom. The highest BCUT2D eigenvalue weighted by Gasteiger charge is 1.93. The van der Waals surface area contributed by atoms with E-state index >= 15 is 0 Å². The van der Waals surface area contributed by atoms with Crippen molar-refractivity contribution in [2.75, 3.05) is 0 Å². The lowest BCUT2D eigenvalue weighted by Crippen LogP contribution is -2.12. The van der Waals surface area contributed by atoms with Gasteiger partial charge in [0.05, 0.1) is 0 Å². The molecule has 0 spiro atoms. The summed E-state index contributed by atoms with van der Waals surface area (Å²) >= 11 is 0. The third kappa shape index (κ3) is 4.24. The van der Waals surface area contributed by atoms with Crippen LogP contribution < -0.4 is 5.73 Å². The molecule has 0 aliphatic carbocycles. The molecule has 2 rings (SSSR count). The van der Waals surface area contributed by atoms with Crippen molar-refractivity contribution in [1.82, 2.24) is 0 Å². The molecule has 2 N–H and O–H groups in total. The van der Waals surface area contributed by atoms with Crippen LogP contribution in [0.2, 0.25) is 0 Å². The second kappa shape index (κ2) is 6.91. The summed E-state index contributed by atoms with van der Waals surface area (Å²) in [5, 5.41) is 7.85. The number of benzene rings is 2. The number of hydrogen-bond donors (Lipinski definition) is 1. The van der Waals surface area contributed by atoms with E-state index in [1.165, 1.54) is 0 Å². The SMILES string of the molecule is NC(=NN=C/C=C/c1ccccc1)c1ccccc1. The van der Waals surface area contributed by atoms with Gasteiger partial charge in [-0.2, -0.15) is 5.10 Å². The third-order valence-electron chi connectivity index (χ3n) is 2.48. The zero-order valence-electron chi connectivity index (χ0n) is 10.5. The van der Waals surface area contributed by atoms with Gasteiger partial charge >= 0.3 is 0 Å². The van der Waals surface area contributed by atoms with Crippen molar-refractivity contribution in [3.05, 3.63) is 77.9 Å². The first-order valence-electron chi connectivity index (χ1n) is 6.00. The summed E-state index contributed by atoms with van der Waals surface area (Å²) in [5.41, 5.74) is 7.79. The fraction of sp³-hybridized carbons (Fsp3) is 0. The van der Waals surface area contributed by atoms with Crippen LogP contribution in [-0.4, -0.2) is 12.1 Å². The van der Waals surface area contributed by atoms with E-state index in [-0.39, 0.29) is 0 Å². The number of allylic oxidation sites excluding steroid dienone is 1. The Labute approximate surface area is 112 Å². The first-order chi connectivity index (χ1) is 9.36. The van der Waals surface area contributed by atoms with Crippen LogP contribution in [-0.2, 0) is 0 Å². The summed E-state index contributed by atoms with van der Waals surface area (Å²) in [5.74, 6) is 0.407. The molecule has 0 saturated heterocycles. The zero-order chi connectivity index (χ0) is 13.3. The number of nitrogens with zero attached hydrogens (tertiary/aromatic N) is 2. The first-order valence-corrected chi connectivity index (χ1v) is 6.00. The molecule has 0 bridgehead atoms. The van der Waals surface area contributed by atoms with Gasteiger partial charge in [0.25, 0.3) is 0 Å². The molecule has 0 atom stereocenters. The van der Waals surface area contributed by atoms with Crippen molar-refractivity contribution in [1.29, 1.82) is 0 Å². The maximum atomic E-state index is 5.80. The van der Waals surface area contributed by atoms with Gasteiger partial charge in [0, 0.05) is 11.8 Å². The highest BCUT2D eigenvalue weighted by molar-refractivity contribution is 5.97. The summed E-state index contributed by atoms with van der Waals surface area (Å²) in [4.78, 5) is 0. The maximum absolute atomic E-state index is 5.80. The molecule has 0 fully saturated rings. The summed E-state index contributed by atoms with van der Waals surface area (Å²) in [6.07, 6.45) is 5.40. The average Bonchev–Trinajstić information content (AvgIpc) is 2.49. The summed E-state index contributed by atoms with van der Waals surface area (Å²) in [7, 11) is 0. The third-order valence-corrected chi connectivity index (χ3v) is 2.48. The molecule has 2 aromatic rings. The number of hydrogen-bond acceptors (Lipinski definition) is 2. The van der Waals surface area contributed by atoms with Gasteiger partial charge in [0.15, 0.2) is 5.84 Å². The van der Waals surface area contributed by atoms with E-state index in [4.69, 9.17) is 5.73 Å². The Morgan fingerprint density at radius 2 is 1.53 bits per heavy atom. The summed E-state index contributed by atoms with van der Waals surface area (Å²) < 4.78 is 0. The second-order valence-electron chi connectivity index (χ2n) is 3.89. The quantitative estimate of drug-likeness (QED) is 0.505. The van der Waals surface area contributed by atoms with Gasteiger partial charge in [0.1, 0.15) is 0 Å². The molecule has 0 heterocycles. The van der Waals surface area contributed by atoms with Gasteiger partial charge in [-0.15, -0.1) is 5.10 Å². The van der Waals surface area contributed by atoms with Crippen molar-refractivity contribution in [3.8, 4) is 0 Å². The van der Waals surface area contributed by atoms with Crippen molar-refractivity contribution >= 4 is 18.1 Å². The molecule has 0 radical (unpaired) electrons. The predicted octanol–water partition coefficient (Wildman–Crippen LogP) is 3.09. The lowest BCUT2D eigenvalue weighted by molar-refractivity contribution is 1.23. The standard InChI is InChI=1S/C16H15N3/c17-16(15-11-5-2-6-12-15)19-18-13-7-10-14-8-3-1-4-9-14/h1-13H,(H2,17,19)/b10-7+,18-13?. The van der Waals surface area contributed by atoms with Gasteiger partial charge in [-0.1, -0.05) is 66.7 Å². The molecule has 0 aliphatic heterocycles. The second-order valence-corrected chi connectivity index (χ2v) is 3.89. The average molecular weight is 249 g/mol. The van der Waals surface area contributed by atoms with Crippen molar-refractivity contribution in [2.24, 2.45) is 15.9 Å². The van der Waals surface area contributed by atoms with E-state index in [9.17, 15) is 0 Å². The Hall–Kier alpha value is -2.68. The number of nitrogens with two attached hydrogens (primary N) is 1. The molecule has 3 nitrogen and oxygen atoms in total. The molecule has 0 saturated carbocycles. The lowest BCUT2D eigenvalue weighted by atomic mass is 10.2. The largest absolute Gasteiger partial charge is 0.382 e. The molecular weight excluding hydrogens is 234 g/mol. The fourth-order valence-corrected chi connectivity index (χ4v) is 1.52. The summed E-state index contributed by atoms with van der Waals surface area (Å²) in [6, 6.07) is 19.6. The normalized spacial score (nSPS) is 12.3. The smallest absolute Gasteiger partial charge is 0.153 e. The Bertz CT molecular complexity index is 584. The van der Waals surface area contributed by atoms with E-state index in [1.54, 1.807) is 6.21 Å². The highest BCUT2D eigenvalue weighted by atomic mass is 15.2. The zero-order valence-corrected chi connectivity index (χ0v) is 10.5. The van der Waals surface area contributed by atoms with E-state index < -0.39 is 0 Å². The van der Waals surface area contributed by atoms with Crippen LogP contribution in [0.15, 0.2) is 76.9 Å². The fourth-order valence-electron chi connectivity index (χ4n) is 1.52. The number of rotatable bonds is 4. The molecular formula is C16H15N3. The van der Waals surface area contributed by atoms with Gasteiger partial charge in [0.2, 0.25) is 0 Å². The van der Waals surface area contributed by atoms with Crippen LogP contribution in [0.3, 0.4) is 0 Å². The Kier molecular flexibility index (Phi) is 4.64. The van der Waals surface area contributed by atoms with Crippen LogP contribution in [0, 0.1) is 0 Å². The highest BCUT2D eigenvalue weighted by Crippen LogP contribution is 2.00. The molecule has 0 aromatic heterocycles. The molecule has 94 valence electrons. The Balaban J connectivity index is 1.95. The van der Waals surface area contributed by atoms with Gasteiger partial charge in [-0.25, -0.2) is 0 Å². The van der Waals surface area contributed by atoms with Gasteiger partial charge in [-0.3, -0.25) is 0 Å². The molecule has 0 amide bonds. The topological polar surface area (TPSA) is 50.7 Å². The van der Waals surface area contributed by atoms with Crippen LogP contribution in [0.4, 0.5) is 0 Å². The lowest BCUT2D eigenvalue weighted by Gasteiger charge is -1.95. The van der Waals surface area contributed by atoms with Crippen LogP contribution in [0.5, 0.6) is 0 Å².